The Morgan fingerprint density at radius 2 is 1.82 bits per heavy atom. The number of ether oxygens (including phenoxy) is 1. The van der Waals surface area contributed by atoms with Crippen molar-refractivity contribution in [2.75, 3.05) is 25.4 Å². The Labute approximate surface area is 107 Å². The van der Waals surface area contributed by atoms with Gasteiger partial charge in [-0.25, -0.2) is 0 Å². The highest BCUT2D eigenvalue weighted by Gasteiger charge is 2.20. The van der Waals surface area contributed by atoms with Crippen molar-refractivity contribution >= 4 is 23.6 Å². The van der Waals surface area contributed by atoms with Gasteiger partial charge in [-0.3, -0.25) is 9.59 Å². The monoisotopic (exact) mass is 259 g/mol. The van der Waals surface area contributed by atoms with E-state index in [0.29, 0.717) is 5.75 Å². The molecule has 1 rings (SSSR count). The van der Waals surface area contributed by atoms with Gasteiger partial charge in [-0.2, -0.15) is 0 Å². The van der Waals surface area contributed by atoms with E-state index in [1.807, 2.05) is 20.8 Å². The van der Waals surface area contributed by atoms with Crippen LogP contribution in [-0.2, 0) is 14.3 Å². The van der Waals surface area contributed by atoms with Gasteiger partial charge in [-0.15, -0.1) is 11.8 Å². The van der Waals surface area contributed by atoms with Gasteiger partial charge in [-0.1, -0.05) is 20.8 Å². The molecule has 0 bridgehead atoms. The number of nitrogens with zero attached hydrogens (tertiary/aromatic N) is 1. The van der Waals surface area contributed by atoms with E-state index in [2.05, 4.69) is 0 Å². The first-order valence-electron chi connectivity index (χ1n) is 5.96. The minimum atomic E-state index is -0.308. The van der Waals surface area contributed by atoms with Gasteiger partial charge in [0.25, 0.3) is 5.91 Å². The number of hydrogen-bond donors (Lipinski definition) is 0. The van der Waals surface area contributed by atoms with E-state index >= 15 is 0 Å². The van der Waals surface area contributed by atoms with Gasteiger partial charge >= 0.3 is 5.97 Å². The minimum Gasteiger partial charge on any atom is -0.455 e. The van der Waals surface area contributed by atoms with Crippen LogP contribution in [0.25, 0.3) is 0 Å². The van der Waals surface area contributed by atoms with Crippen LogP contribution in [-0.4, -0.2) is 47.0 Å². The molecule has 98 valence electrons. The van der Waals surface area contributed by atoms with Crippen molar-refractivity contribution in [1.29, 1.82) is 0 Å². The first kappa shape index (κ1) is 14.4. The van der Waals surface area contributed by atoms with E-state index < -0.39 is 0 Å². The summed E-state index contributed by atoms with van der Waals surface area (Å²) in [5, 5.41) is 0. The largest absolute Gasteiger partial charge is 0.455 e. The Morgan fingerprint density at radius 1 is 1.24 bits per heavy atom. The third-order valence-corrected chi connectivity index (χ3v) is 3.68. The van der Waals surface area contributed by atoms with Gasteiger partial charge < -0.3 is 9.64 Å². The molecule has 17 heavy (non-hydrogen) atoms. The second-order valence-corrected chi connectivity index (χ2v) is 6.95. The van der Waals surface area contributed by atoms with Crippen molar-refractivity contribution in [2.24, 2.45) is 0 Å². The second kappa shape index (κ2) is 6.28. The summed E-state index contributed by atoms with van der Waals surface area (Å²) in [6.45, 7) is 7.62. The lowest BCUT2D eigenvalue weighted by Crippen LogP contribution is -2.32. The molecule has 4 nitrogen and oxygen atoms in total. The average molecular weight is 259 g/mol. The zero-order chi connectivity index (χ0) is 12.9. The Balaban J connectivity index is 2.17. The van der Waals surface area contributed by atoms with Gasteiger partial charge in [0.15, 0.2) is 6.61 Å². The lowest BCUT2D eigenvalue weighted by atomic mass is 10.3. The van der Waals surface area contributed by atoms with Crippen LogP contribution in [0.5, 0.6) is 0 Å². The Morgan fingerprint density at radius 3 is 2.35 bits per heavy atom. The number of carbonyl (C=O) groups is 2. The molecular weight excluding hydrogens is 238 g/mol. The van der Waals surface area contributed by atoms with Crippen LogP contribution in [0.15, 0.2) is 0 Å². The van der Waals surface area contributed by atoms with E-state index in [1.54, 1.807) is 4.90 Å². The topological polar surface area (TPSA) is 46.6 Å². The number of amides is 1. The van der Waals surface area contributed by atoms with E-state index in [4.69, 9.17) is 4.74 Å². The van der Waals surface area contributed by atoms with Crippen molar-refractivity contribution in [2.45, 2.75) is 38.4 Å². The maximum atomic E-state index is 11.6. The molecule has 0 aromatic carbocycles. The summed E-state index contributed by atoms with van der Waals surface area (Å²) in [6, 6.07) is 0. The quantitative estimate of drug-likeness (QED) is 0.721. The summed E-state index contributed by atoms with van der Waals surface area (Å²) in [6.07, 6.45) is 2.11. The van der Waals surface area contributed by atoms with Crippen molar-refractivity contribution in [3.8, 4) is 0 Å². The predicted octanol–water partition coefficient (Wildman–Crippen LogP) is 1.68. The van der Waals surface area contributed by atoms with E-state index in [9.17, 15) is 9.59 Å². The summed E-state index contributed by atoms with van der Waals surface area (Å²) in [4.78, 5) is 24.7. The lowest BCUT2D eigenvalue weighted by molar-refractivity contribution is -0.149. The normalized spacial score (nSPS) is 16.1. The molecule has 0 saturated carbocycles. The van der Waals surface area contributed by atoms with Gasteiger partial charge in [0, 0.05) is 17.8 Å². The molecule has 0 N–H and O–H groups in total. The molecule has 1 aliphatic heterocycles. The van der Waals surface area contributed by atoms with Gasteiger partial charge in [0.05, 0.1) is 5.75 Å². The number of thioether (sulfide) groups is 1. The first-order chi connectivity index (χ1) is 7.88. The molecule has 0 aromatic heterocycles. The lowest BCUT2D eigenvalue weighted by Gasteiger charge is -2.17. The van der Waals surface area contributed by atoms with Crippen LogP contribution in [0.1, 0.15) is 33.6 Å². The highest BCUT2D eigenvalue weighted by Crippen LogP contribution is 2.22. The third kappa shape index (κ3) is 5.96. The van der Waals surface area contributed by atoms with Gasteiger partial charge in [0.1, 0.15) is 0 Å². The zero-order valence-electron chi connectivity index (χ0n) is 10.8. The number of likely N-dealkylation sites (tertiary alicyclic amines) is 1. The van der Waals surface area contributed by atoms with Crippen LogP contribution < -0.4 is 0 Å². The molecule has 0 unspecified atom stereocenters. The molecule has 1 aliphatic rings. The number of esters is 1. The fraction of sp³-hybridized carbons (Fsp3) is 0.833. The van der Waals surface area contributed by atoms with Crippen molar-refractivity contribution in [1.82, 2.24) is 4.90 Å². The summed E-state index contributed by atoms with van der Waals surface area (Å²) in [5.74, 6) is -0.0781. The molecule has 0 spiro atoms. The van der Waals surface area contributed by atoms with Crippen LogP contribution in [0, 0.1) is 0 Å². The SMILES string of the molecule is CC(C)(C)SCC(=O)OCC(=O)N1CCCC1. The third-order valence-electron chi connectivity index (χ3n) is 2.44. The predicted molar refractivity (Wildman–Crippen MR) is 69.0 cm³/mol. The van der Waals surface area contributed by atoms with Gasteiger partial charge in [0.2, 0.25) is 0 Å². The summed E-state index contributed by atoms with van der Waals surface area (Å²) < 4.78 is 5.00. The fourth-order valence-corrected chi connectivity index (χ4v) is 2.15. The Kier molecular flexibility index (Phi) is 5.31. The Bertz CT molecular complexity index is 280. The molecule has 1 fully saturated rings. The molecule has 0 radical (unpaired) electrons. The summed E-state index contributed by atoms with van der Waals surface area (Å²) >= 11 is 1.53. The molecule has 1 saturated heterocycles. The molecular formula is C12H21NO3S. The van der Waals surface area contributed by atoms with Crippen LogP contribution in [0.4, 0.5) is 0 Å². The first-order valence-corrected chi connectivity index (χ1v) is 6.94. The standard InChI is InChI=1S/C12H21NO3S/c1-12(2,3)17-9-11(15)16-8-10(14)13-6-4-5-7-13/h4-9H2,1-3H3. The average Bonchev–Trinajstić information content (AvgIpc) is 2.75. The smallest absolute Gasteiger partial charge is 0.316 e. The van der Waals surface area contributed by atoms with Crippen molar-refractivity contribution in [3.05, 3.63) is 0 Å². The molecule has 1 amide bonds. The van der Waals surface area contributed by atoms with E-state index in [-0.39, 0.29) is 23.2 Å². The van der Waals surface area contributed by atoms with Gasteiger partial charge in [-0.05, 0) is 12.8 Å². The maximum absolute atomic E-state index is 11.6. The fourth-order valence-electron chi connectivity index (χ4n) is 1.52. The number of hydrogen-bond acceptors (Lipinski definition) is 4. The molecule has 0 atom stereocenters. The summed E-state index contributed by atoms with van der Waals surface area (Å²) in [7, 11) is 0. The van der Waals surface area contributed by atoms with Crippen molar-refractivity contribution < 1.29 is 14.3 Å². The number of carbonyl (C=O) groups excluding carboxylic acids is 2. The maximum Gasteiger partial charge on any atom is 0.316 e. The molecule has 5 heteroatoms. The number of rotatable bonds is 4. The molecule has 0 aliphatic carbocycles. The van der Waals surface area contributed by atoms with Crippen molar-refractivity contribution in [3.63, 3.8) is 0 Å². The van der Waals surface area contributed by atoms with E-state index in [1.165, 1.54) is 11.8 Å². The molecule has 0 aromatic rings. The second-order valence-electron chi connectivity index (χ2n) is 5.15. The minimum absolute atomic E-state index is 0.0397. The highest BCUT2D eigenvalue weighted by atomic mass is 32.2. The van der Waals surface area contributed by atoms with Crippen LogP contribution in [0.3, 0.4) is 0 Å². The summed E-state index contributed by atoms with van der Waals surface area (Å²) in [5.41, 5.74) is 0. The van der Waals surface area contributed by atoms with Crippen LogP contribution >= 0.6 is 11.8 Å². The highest BCUT2D eigenvalue weighted by molar-refractivity contribution is 8.01. The van der Waals surface area contributed by atoms with E-state index in [0.717, 1.165) is 25.9 Å². The molecule has 1 heterocycles. The Hall–Kier alpha value is -0.710. The zero-order valence-corrected chi connectivity index (χ0v) is 11.6. The van der Waals surface area contributed by atoms with Crippen LogP contribution in [0.2, 0.25) is 0 Å².